The van der Waals surface area contributed by atoms with Crippen molar-refractivity contribution in [2.24, 2.45) is 11.3 Å². The van der Waals surface area contributed by atoms with E-state index < -0.39 is 45.0 Å². The van der Waals surface area contributed by atoms with Gasteiger partial charge in [0.15, 0.2) is 5.82 Å². The maximum atomic E-state index is 15.7. The van der Waals surface area contributed by atoms with Crippen LogP contribution in [0.15, 0.2) is 79.1 Å². The fraction of sp³-hybridized carbons (Fsp3) is 0.391. The zero-order valence-electron chi connectivity index (χ0n) is 34.5. The number of aromatic amines is 1. The Balaban J connectivity index is 0.722. The Morgan fingerprint density at radius 2 is 1.57 bits per heavy atom. The summed E-state index contributed by atoms with van der Waals surface area (Å²) in [5, 5.41) is 2.80. The van der Waals surface area contributed by atoms with Gasteiger partial charge in [-0.05, 0) is 85.2 Å². The second kappa shape index (κ2) is 16.1. The monoisotopic (exact) mass is 880 g/mol. The number of carbonyl (C=O) groups excluding carboxylic acids is 3. The van der Waals surface area contributed by atoms with Gasteiger partial charge in [0.25, 0.3) is 0 Å². The van der Waals surface area contributed by atoms with Crippen LogP contribution in [0.5, 0.6) is 0 Å². The van der Waals surface area contributed by atoms with E-state index in [1.165, 1.54) is 11.9 Å². The lowest BCUT2D eigenvalue weighted by Crippen LogP contribution is -2.72. The van der Waals surface area contributed by atoms with Crippen LogP contribution in [0.4, 0.5) is 30.2 Å². The molecule has 2 atom stereocenters. The summed E-state index contributed by atoms with van der Waals surface area (Å²) in [7, 11) is -4.35. The van der Waals surface area contributed by atoms with Crippen molar-refractivity contribution in [1.29, 1.82) is 0 Å². The molecule has 0 aliphatic carbocycles. The number of pyridine rings is 1. The molecule has 5 aliphatic heterocycles. The molecule has 17 heteroatoms. The summed E-state index contributed by atoms with van der Waals surface area (Å²) in [4.78, 5) is 52.3. The number of H-pyrrole nitrogens is 1. The molecule has 0 saturated carbocycles. The highest BCUT2D eigenvalue weighted by Crippen LogP contribution is 2.43. The van der Waals surface area contributed by atoms with Crippen LogP contribution < -0.4 is 19.8 Å². The normalized spacial score (nSPS) is 22.0. The molecule has 3 N–H and O–H groups in total. The minimum Gasteiger partial charge on any atom is -0.372 e. The molecule has 328 valence electrons. The van der Waals surface area contributed by atoms with Gasteiger partial charge in [-0.2, -0.15) is 12.7 Å². The Bertz CT molecular complexity index is 2710. The number of nitrogens with one attached hydrogen (secondary N) is 3. The second-order valence-electron chi connectivity index (χ2n) is 17.9. The van der Waals surface area contributed by atoms with Gasteiger partial charge in [0.05, 0.1) is 17.2 Å². The Labute approximate surface area is 362 Å². The van der Waals surface area contributed by atoms with Crippen molar-refractivity contribution >= 4 is 55.9 Å². The number of likely N-dealkylation sites (tertiary alicyclic amines) is 1. The number of fused-ring (bicyclic) bond motifs is 1. The van der Waals surface area contributed by atoms with Gasteiger partial charge in [-0.25, -0.2) is 18.2 Å². The molecule has 3 aromatic carbocycles. The lowest BCUT2D eigenvalue weighted by molar-refractivity contribution is -0.134. The van der Waals surface area contributed by atoms with Crippen molar-refractivity contribution in [2.75, 3.05) is 73.4 Å². The predicted molar refractivity (Wildman–Crippen MR) is 233 cm³/mol. The van der Waals surface area contributed by atoms with Gasteiger partial charge in [-0.3, -0.25) is 24.4 Å². The summed E-state index contributed by atoms with van der Waals surface area (Å²) < 4.78 is 73.0. The SMILES string of the molecule is O=C1CCC(c2ccc(N3CC4(CN(CC5CCN(c6ccc(-c7cnc8[nH]cc(C(=O)c9c(F)ccc(NS(=O)(=O)N%10CC[C@@H](F)C%10)c9F)c8c7)cc6)CC5)C4)C3)cc2)C(=O)N1. The molecule has 2 aromatic heterocycles. The van der Waals surface area contributed by atoms with Crippen LogP contribution in [0.25, 0.3) is 22.2 Å². The lowest BCUT2D eigenvalue weighted by atomic mass is 9.72. The molecule has 13 nitrogen and oxygen atoms in total. The van der Waals surface area contributed by atoms with Crippen molar-refractivity contribution in [2.45, 2.75) is 44.2 Å². The summed E-state index contributed by atoms with van der Waals surface area (Å²) in [5.74, 6) is -3.55. The standard InChI is InChI=1S/C46H47F3N8O5S/c47-32-15-18-57(23-32)63(61,62)53-39-11-10-38(48)41(42(39)49)43(59)37-21-51-44-36(37)19-31(20-50-44)29-1-5-33(6-2-29)55-16-13-28(14-17-55)22-54-24-46(25-54)26-56(27-46)34-7-3-30(4-8-34)35-9-12-40(58)52-45(35)60/h1-8,10-11,19-21,28,32,35,53H,9,12-18,22-27H2,(H,50,51)(H,52,58,60)/t32-,35?/m1/s1. The molecule has 5 aliphatic rings. The smallest absolute Gasteiger partial charge is 0.301 e. The number of hydrogen-bond donors (Lipinski definition) is 3. The third-order valence-corrected chi connectivity index (χ3v) is 15.0. The molecular weight excluding hydrogens is 834 g/mol. The van der Waals surface area contributed by atoms with E-state index in [0.717, 1.165) is 91.9 Å². The average Bonchev–Trinajstić information content (AvgIpc) is 3.89. The van der Waals surface area contributed by atoms with Crippen LogP contribution in [0.3, 0.4) is 0 Å². The number of ketones is 1. The average molecular weight is 881 g/mol. The van der Waals surface area contributed by atoms with E-state index in [2.05, 4.69) is 54.2 Å². The number of rotatable bonds is 11. The number of alkyl halides is 1. The zero-order valence-corrected chi connectivity index (χ0v) is 35.3. The zero-order chi connectivity index (χ0) is 43.6. The molecule has 5 fully saturated rings. The number of hydrogen-bond acceptors (Lipinski definition) is 9. The second-order valence-corrected chi connectivity index (χ2v) is 19.6. The molecule has 1 spiro atoms. The number of nitrogens with zero attached hydrogens (tertiary/aromatic N) is 5. The highest BCUT2D eigenvalue weighted by Gasteiger charge is 2.52. The largest absolute Gasteiger partial charge is 0.372 e. The lowest BCUT2D eigenvalue weighted by Gasteiger charge is -2.61. The highest BCUT2D eigenvalue weighted by molar-refractivity contribution is 7.90. The Morgan fingerprint density at radius 3 is 2.27 bits per heavy atom. The fourth-order valence-electron chi connectivity index (χ4n) is 10.1. The first-order valence-corrected chi connectivity index (χ1v) is 22.9. The summed E-state index contributed by atoms with van der Waals surface area (Å²) in [6, 6.07) is 19.8. The molecular formula is C46H47F3N8O5S. The van der Waals surface area contributed by atoms with Gasteiger partial charge in [-0.1, -0.05) is 24.3 Å². The maximum Gasteiger partial charge on any atom is 0.301 e. The minimum atomic E-state index is -4.35. The Kier molecular flexibility index (Phi) is 10.5. The predicted octanol–water partition coefficient (Wildman–Crippen LogP) is 6.00. The molecule has 0 radical (unpaired) electrons. The van der Waals surface area contributed by atoms with E-state index in [0.29, 0.717) is 40.8 Å². The van der Waals surface area contributed by atoms with E-state index in [1.54, 1.807) is 12.3 Å². The fourth-order valence-corrected chi connectivity index (χ4v) is 11.4. The van der Waals surface area contributed by atoms with Crippen LogP contribution in [0.1, 0.15) is 59.5 Å². The van der Waals surface area contributed by atoms with Crippen molar-refractivity contribution < 1.29 is 36.0 Å². The van der Waals surface area contributed by atoms with E-state index in [4.69, 9.17) is 0 Å². The van der Waals surface area contributed by atoms with Gasteiger partial charge in [-0.15, -0.1) is 0 Å². The highest BCUT2D eigenvalue weighted by atomic mass is 32.2. The van der Waals surface area contributed by atoms with Gasteiger partial charge in [0, 0.05) is 111 Å². The van der Waals surface area contributed by atoms with Gasteiger partial charge in [0.1, 0.15) is 17.6 Å². The summed E-state index contributed by atoms with van der Waals surface area (Å²) in [5.41, 5.74) is 3.91. The first-order chi connectivity index (χ1) is 30.3. The van der Waals surface area contributed by atoms with Gasteiger partial charge in [0.2, 0.25) is 17.6 Å². The molecule has 1 unspecified atom stereocenters. The first-order valence-electron chi connectivity index (χ1n) is 21.5. The number of imide groups is 1. The molecule has 0 bridgehead atoms. The van der Waals surface area contributed by atoms with Crippen molar-refractivity contribution in [3.8, 4) is 11.1 Å². The Hall–Kier alpha value is -5.78. The molecule has 5 aromatic rings. The number of benzene rings is 3. The topological polar surface area (TPSA) is 151 Å². The molecule has 2 amide bonds. The van der Waals surface area contributed by atoms with Crippen LogP contribution in [-0.2, 0) is 19.8 Å². The number of anilines is 3. The molecule has 7 heterocycles. The van der Waals surface area contributed by atoms with E-state index in [-0.39, 0.29) is 42.8 Å². The number of carbonyl (C=O) groups is 3. The summed E-state index contributed by atoms with van der Waals surface area (Å²) in [6.07, 6.45) is 4.80. The van der Waals surface area contributed by atoms with E-state index in [1.807, 2.05) is 29.0 Å². The van der Waals surface area contributed by atoms with E-state index >= 15 is 8.78 Å². The molecule has 5 saturated heterocycles. The van der Waals surface area contributed by atoms with Gasteiger partial charge >= 0.3 is 10.2 Å². The third kappa shape index (κ3) is 7.95. The van der Waals surface area contributed by atoms with Crippen molar-refractivity contribution in [1.82, 2.24) is 24.5 Å². The maximum absolute atomic E-state index is 15.7. The Morgan fingerprint density at radius 1 is 0.857 bits per heavy atom. The number of piperidine rings is 2. The van der Waals surface area contributed by atoms with Crippen LogP contribution in [0.2, 0.25) is 0 Å². The van der Waals surface area contributed by atoms with Crippen LogP contribution in [-0.4, -0.2) is 110 Å². The number of amides is 2. The van der Waals surface area contributed by atoms with Gasteiger partial charge < -0.3 is 19.7 Å². The van der Waals surface area contributed by atoms with Crippen LogP contribution >= 0.6 is 0 Å². The van der Waals surface area contributed by atoms with Crippen LogP contribution in [0, 0.1) is 23.0 Å². The number of aromatic nitrogens is 2. The van der Waals surface area contributed by atoms with Crippen molar-refractivity contribution in [3.63, 3.8) is 0 Å². The summed E-state index contributed by atoms with van der Waals surface area (Å²) in [6.45, 7) is 6.87. The first kappa shape index (κ1) is 41.2. The van der Waals surface area contributed by atoms with E-state index in [9.17, 15) is 27.2 Å². The van der Waals surface area contributed by atoms with Crippen molar-refractivity contribution in [3.05, 3.63) is 107 Å². The minimum absolute atomic E-state index is 0.0100. The molecule has 10 rings (SSSR count). The number of halogens is 3. The molecule has 63 heavy (non-hydrogen) atoms. The quantitative estimate of drug-likeness (QED) is 0.107. The third-order valence-electron chi connectivity index (χ3n) is 13.5. The summed E-state index contributed by atoms with van der Waals surface area (Å²) >= 11 is 0.